The molecule has 1 heterocycles. The Morgan fingerprint density at radius 3 is 2.79 bits per heavy atom. The fraction of sp³-hybridized carbons (Fsp3) is 0.778. The lowest BCUT2D eigenvalue weighted by Crippen LogP contribution is -2.35. The third-order valence-corrected chi connectivity index (χ3v) is 3.17. The smallest absolute Gasteiger partial charge is 0.149 e. The van der Waals surface area contributed by atoms with Crippen LogP contribution in [0.4, 0.5) is 0 Å². The van der Waals surface area contributed by atoms with E-state index in [1.165, 1.54) is 6.26 Å². The molecule has 0 spiro atoms. The van der Waals surface area contributed by atoms with Crippen molar-refractivity contribution in [2.75, 3.05) is 25.7 Å². The maximum Gasteiger partial charge on any atom is 0.149 e. The summed E-state index contributed by atoms with van der Waals surface area (Å²) in [5.74, 6) is 0.138. The zero-order valence-electron chi connectivity index (χ0n) is 8.62. The molecule has 0 bridgehead atoms. The number of sulfone groups is 1. The van der Waals surface area contributed by atoms with Crippen LogP contribution in [0.2, 0.25) is 0 Å². The van der Waals surface area contributed by atoms with E-state index < -0.39 is 9.84 Å². The average Bonchev–Trinajstić information content (AvgIpc) is 2.14. The van der Waals surface area contributed by atoms with Gasteiger partial charge in [-0.2, -0.15) is 0 Å². The second kappa shape index (κ2) is 4.79. The first-order chi connectivity index (χ1) is 6.53. The summed E-state index contributed by atoms with van der Waals surface area (Å²) in [4.78, 5) is 0. The van der Waals surface area contributed by atoms with Gasteiger partial charge in [0.15, 0.2) is 0 Å². The fourth-order valence-electron chi connectivity index (χ4n) is 1.52. The van der Waals surface area contributed by atoms with Gasteiger partial charge in [-0.15, -0.1) is 0 Å². The summed E-state index contributed by atoms with van der Waals surface area (Å²) in [5, 5.41) is 3.00. The largest absolute Gasteiger partial charge is 0.501 e. The van der Waals surface area contributed by atoms with Gasteiger partial charge in [0, 0.05) is 12.3 Å². The number of nitrogens with one attached hydrogen (secondary N) is 1. The molecule has 1 atom stereocenters. The Labute approximate surface area is 85.3 Å². The maximum absolute atomic E-state index is 11.1. The van der Waals surface area contributed by atoms with E-state index in [0.29, 0.717) is 0 Å². The molecule has 1 aliphatic rings. The molecule has 0 fully saturated rings. The lowest BCUT2D eigenvalue weighted by Gasteiger charge is -2.21. The molecule has 0 aromatic heterocycles. The number of hydrogen-bond acceptors (Lipinski definition) is 4. The first-order valence-electron chi connectivity index (χ1n) is 4.68. The molecule has 14 heavy (non-hydrogen) atoms. The number of ether oxygens (including phenoxy) is 1. The molecular formula is C9H17NO3S. The summed E-state index contributed by atoms with van der Waals surface area (Å²) in [7, 11) is -1.17. The maximum atomic E-state index is 11.1. The highest BCUT2D eigenvalue weighted by Crippen LogP contribution is 2.16. The summed E-state index contributed by atoms with van der Waals surface area (Å²) in [6, 6.07) is -0.106. The Kier molecular flexibility index (Phi) is 3.95. The SMILES string of the molecule is CNC(CS(C)(=O)=O)C1=COCCC1. The highest BCUT2D eigenvalue weighted by atomic mass is 32.2. The molecule has 0 aliphatic carbocycles. The average molecular weight is 219 g/mol. The minimum atomic E-state index is -2.94. The van der Waals surface area contributed by atoms with Crippen LogP contribution in [-0.2, 0) is 14.6 Å². The number of hydrogen-bond donors (Lipinski definition) is 1. The van der Waals surface area contributed by atoms with Crippen LogP contribution < -0.4 is 5.32 Å². The van der Waals surface area contributed by atoms with Crippen LogP contribution in [0.25, 0.3) is 0 Å². The molecule has 0 aromatic rings. The Morgan fingerprint density at radius 1 is 1.64 bits per heavy atom. The summed E-state index contributed by atoms with van der Waals surface area (Å²) in [6.45, 7) is 0.735. The van der Waals surface area contributed by atoms with E-state index in [-0.39, 0.29) is 11.8 Å². The van der Waals surface area contributed by atoms with Gasteiger partial charge >= 0.3 is 0 Å². The minimum absolute atomic E-state index is 0.106. The first kappa shape index (κ1) is 11.5. The van der Waals surface area contributed by atoms with Crippen LogP contribution in [0.3, 0.4) is 0 Å². The second-order valence-corrected chi connectivity index (χ2v) is 5.79. The van der Waals surface area contributed by atoms with Crippen molar-refractivity contribution in [2.24, 2.45) is 0 Å². The van der Waals surface area contributed by atoms with E-state index in [2.05, 4.69) is 5.32 Å². The zero-order valence-corrected chi connectivity index (χ0v) is 9.43. The van der Waals surface area contributed by atoms with Gasteiger partial charge in [-0.25, -0.2) is 8.42 Å². The third-order valence-electron chi connectivity index (χ3n) is 2.23. The molecule has 0 saturated heterocycles. The van der Waals surface area contributed by atoms with Crippen LogP contribution >= 0.6 is 0 Å². The van der Waals surface area contributed by atoms with Gasteiger partial charge in [-0.3, -0.25) is 0 Å². The van der Waals surface area contributed by atoms with Gasteiger partial charge in [-0.05, 0) is 25.5 Å². The summed E-state index contributed by atoms with van der Waals surface area (Å²) >= 11 is 0. The number of rotatable bonds is 4. The quantitative estimate of drug-likeness (QED) is 0.739. The minimum Gasteiger partial charge on any atom is -0.501 e. The molecule has 0 amide bonds. The van der Waals surface area contributed by atoms with Gasteiger partial charge in [0.1, 0.15) is 9.84 Å². The van der Waals surface area contributed by atoms with Crippen LogP contribution in [0.5, 0.6) is 0 Å². The Balaban J connectivity index is 2.66. The van der Waals surface area contributed by atoms with Crippen molar-refractivity contribution < 1.29 is 13.2 Å². The van der Waals surface area contributed by atoms with E-state index in [9.17, 15) is 8.42 Å². The molecule has 82 valence electrons. The van der Waals surface area contributed by atoms with E-state index in [4.69, 9.17) is 4.74 Å². The molecule has 0 radical (unpaired) electrons. The van der Waals surface area contributed by atoms with Crippen molar-refractivity contribution in [3.05, 3.63) is 11.8 Å². The summed E-state index contributed by atoms with van der Waals surface area (Å²) < 4.78 is 27.5. The van der Waals surface area contributed by atoms with Gasteiger partial charge < -0.3 is 10.1 Å². The Morgan fingerprint density at radius 2 is 2.36 bits per heavy atom. The molecule has 1 aliphatic heterocycles. The van der Waals surface area contributed by atoms with E-state index in [1.807, 2.05) is 0 Å². The summed E-state index contributed by atoms with van der Waals surface area (Å²) in [5.41, 5.74) is 1.05. The van der Waals surface area contributed by atoms with E-state index >= 15 is 0 Å². The lowest BCUT2D eigenvalue weighted by molar-refractivity contribution is 0.220. The molecule has 5 heteroatoms. The molecular weight excluding hydrogens is 202 g/mol. The van der Waals surface area contributed by atoms with Crippen LogP contribution in [0.15, 0.2) is 11.8 Å². The molecule has 1 rings (SSSR count). The van der Waals surface area contributed by atoms with Crippen molar-refractivity contribution >= 4 is 9.84 Å². The fourth-order valence-corrected chi connectivity index (χ4v) is 2.51. The molecule has 1 N–H and O–H groups in total. The molecule has 4 nitrogen and oxygen atoms in total. The summed E-state index contributed by atoms with van der Waals surface area (Å²) in [6.07, 6.45) is 4.83. The van der Waals surface area contributed by atoms with Crippen molar-refractivity contribution in [1.29, 1.82) is 0 Å². The number of likely N-dealkylation sites (N-methyl/N-ethyl adjacent to an activating group) is 1. The normalized spacial score (nSPS) is 19.7. The van der Waals surface area contributed by atoms with E-state index in [1.54, 1.807) is 13.3 Å². The molecule has 0 aromatic carbocycles. The predicted octanol–water partition coefficient (Wildman–Crippen LogP) is 0.313. The predicted molar refractivity (Wildman–Crippen MR) is 55.8 cm³/mol. The zero-order chi connectivity index (χ0) is 10.6. The van der Waals surface area contributed by atoms with Crippen LogP contribution in [-0.4, -0.2) is 40.1 Å². The van der Waals surface area contributed by atoms with Crippen molar-refractivity contribution in [3.8, 4) is 0 Å². The molecule has 1 unspecified atom stereocenters. The van der Waals surface area contributed by atoms with E-state index in [0.717, 1.165) is 25.0 Å². The first-order valence-corrected chi connectivity index (χ1v) is 6.74. The van der Waals surface area contributed by atoms with Gasteiger partial charge in [0.2, 0.25) is 0 Å². The third kappa shape index (κ3) is 3.67. The van der Waals surface area contributed by atoms with Gasteiger partial charge in [0.05, 0.1) is 18.6 Å². The highest BCUT2D eigenvalue weighted by Gasteiger charge is 2.19. The highest BCUT2D eigenvalue weighted by molar-refractivity contribution is 7.90. The Hall–Kier alpha value is -0.550. The standard InChI is InChI=1S/C9H17NO3S/c1-10-9(7-14(2,11)12)8-4-3-5-13-6-8/h6,9-10H,3-5,7H2,1-2H3. The van der Waals surface area contributed by atoms with Crippen LogP contribution in [0.1, 0.15) is 12.8 Å². The second-order valence-electron chi connectivity index (χ2n) is 3.60. The van der Waals surface area contributed by atoms with Crippen molar-refractivity contribution in [1.82, 2.24) is 5.32 Å². The topological polar surface area (TPSA) is 55.4 Å². The molecule has 0 saturated carbocycles. The van der Waals surface area contributed by atoms with Crippen molar-refractivity contribution in [3.63, 3.8) is 0 Å². The van der Waals surface area contributed by atoms with Crippen molar-refractivity contribution in [2.45, 2.75) is 18.9 Å². The van der Waals surface area contributed by atoms with Gasteiger partial charge in [-0.1, -0.05) is 0 Å². The van der Waals surface area contributed by atoms with Crippen LogP contribution in [0, 0.1) is 0 Å². The van der Waals surface area contributed by atoms with Gasteiger partial charge in [0.25, 0.3) is 0 Å². The lowest BCUT2D eigenvalue weighted by atomic mass is 10.0. The Bertz CT molecular complexity index is 308. The monoisotopic (exact) mass is 219 g/mol.